The lowest BCUT2D eigenvalue weighted by Gasteiger charge is -2.34. The van der Waals surface area contributed by atoms with Crippen molar-refractivity contribution in [2.75, 3.05) is 51.6 Å². The molecular weight excluding hydrogens is 529 g/mol. The highest BCUT2D eigenvalue weighted by Crippen LogP contribution is 2.65. The van der Waals surface area contributed by atoms with Gasteiger partial charge in [0.15, 0.2) is 0 Å². The topological polar surface area (TPSA) is 62.6 Å². The minimum absolute atomic E-state index is 0.0143. The Balaban J connectivity index is 1.33. The van der Waals surface area contributed by atoms with Crippen molar-refractivity contribution >= 4 is 11.7 Å². The van der Waals surface area contributed by atoms with Gasteiger partial charge in [-0.1, -0.05) is 6.07 Å². The molecule has 6 nitrogen and oxygen atoms in total. The number of hydrogen-bond acceptors (Lipinski definition) is 4. The van der Waals surface area contributed by atoms with Gasteiger partial charge in [0, 0.05) is 49.9 Å². The number of amides is 2. The third-order valence-electron chi connectivity index (χ3n) is 8.80. The molecule has 3 atom stereocenters. The number of fused-ring (bicyclic) bond motifs is 1. The van der Waals surface area contributed by atoms with Crippen LogP contribution in [0.2, 0.25) is 0 Å². The molecule has 0 spiro atoms. The van der Waals surface area contributed by atoms with Crippen molar-refractivity contribution in [3.63, 3.8) is 0 Å². The smallest absolute Gasteiger partial charge is 0.321 e. The van der Waals surface area contributed by atoms with E-state index in [0.29, 0.717) is 31.5 Å². The average Bonchev–Trinajstić information content (AvgIpc) is 3.54. The Kier molecular flexibility index (Phi) is 7.77. The maximum atomic E-state index is 14.0. The number of urea groups is 1. The fourth-order valence-corrected chi connectivity index (χ4v) is 6.47. The zero-order chi connectivity index (χ0) is 28.7. The number of carbonyl (C=O) groups is 1. The zero-order valence-electron chi connectivity index (χ0n) is 22.3. The molecule has 2 aromatic rings. The number of piperazine rings is 1. The van der Waals surface area contributed by atoms with Crippen LogP contribution in [0.25, 0.3) is 0 Å². The molecule has 2 aromatic carbocycles. The first-order chi connectivity index (χ1) is 19.0. The summed E-state index contributed by atoms with van der Waals surface area (Å²) in [4.78, 5) is 19.9. The van der Waals surface area contributed by atoms with Gasteiger partial charge in [0.25, 0.3) is 0 Å². The number of likely N-dealkylation sites (N-methyl/N-ethyl adjacent to an activating group) is 1. The Bertz CT molecular complexity index is 1300. The van der Waals surface area contributed by atoms with E-state index in [4.69, 9.17) is 0 Å². The minimum atomic E-state index is -4.89. The third kappa shape index (κ3) is 5.65. The van der Waals surface area contributed by atoms with Crippen LogP contribution in [-0.4, -0.2) is 73.1 Å². The van der Waals surface area contributed by atoms with Crippen molar-refractivity contribution in [3.8, 4) is 6.07 Å². The molecule has 0 unspecified atom stereocenters. The molecular formula is C29H32F5N5O. The summed E-state index contributed by atoms with van der Waals surface area (Å²) >= 11 is 0. The molecule has 0 radical (unpaired) electrons. The molecule has 1 heterocycles. The van der Waals surface area contributed by atoms with Crippen LogP contribution in [0.1, 0.15) is 42.4 Å². The van der Waals surface area contributed by atoms with E-state index in [2.05, 4.69) is 22.2 Å². The molecule has 3 aliphatic rings. The normalized spacial score (nSPS) is 24.8. The number of nitrogens with zero attached hydrogens (tertiary/aromatic N) is 4. The summed E-state index contributed by atoms with van der Waals surface area (Å²) in [6.45, 7) is 4.99. The molecule has 0 aromatic heterocycles. The summed E-state index contributed by atoms with van der Waals surface area (Å²) < 4.78 is 67.6. The summed E-state index contributed by atoms with van der Waals surface area (Å²) in [5.74, 6) is -1.88. The van der Waals surface area contributed by atoms with Crippen molar-refractivity contribution in [1.29, 1.82) is 5.26 Å². The number of hydrogen-bond donors (Lipinski definition) is 1. The van der Waals surface area contributed by atoms with E-state index in [-0.39, 0.29) is 28.6 Å². The van der Waals surface area contributed by atoms with Crippen molar-refractivity contribution in [1.82, 2.24) is 14.7 Å². The van der Waals surface area contributed by atoms with Crippen LogP contribution in [0.4, 0.5) is 32.4 Å². The molecule has 2 aliphatic carbocycles. The molecule has 214 valence electrons. The minimum Gasteiger partial charge on any atom is -0.321 e. The fourth-order valence-electron chi connectivity index (χ4n) is 6.47. The van der Waals surface area contributed by atoms with Crippen molar-refractivity contribution < 1.29 is 26.7 Å². The number of rotatable bonds is 7. The molecule has 1 saturated heterocycles. The number of anilines is 1. The molecule has 3 fully saturated rings. The predicted octanol–water partition coefficient (Wildman–Crippen LogP) is 5.45. The van der Waals surface area contributed by atoms with Crippen LogP contribution in [0.5, 0.6) is 0 Å². The summed E-state index contributed by atoms with van der Waals surface area (Å²) in [5.41, 5.74) is -0.943. The van der Waals surface area contributed by atoms with E-state index >= 15 is 0 Å². The number of nitriles is 1. The molecule has 0 bridgehead atoms. The number of carbonyl (C=O) groups excluding carboxylic acids is 1. The lowest BCUT2D eigenvalue weighted by Crippen LogP contribution is -2.47. The monoisotopic (exact) mass is 561 g/mol. The van der Waals surface area contributed by atoms with E-state index in [1.807, 2.05) is 6.07 Å². The first kappa shape index (κ1) is 28.3. The summed E-state index contributed by atoms with van der Waals surface area (Å²) in [6, 6.07) is 8.25. The van der Waals surface area contributed by atoms with Gasteiger partial charge >= 0.3 is 12.2 Å². The van der Waals surface area contributed by atoms with Crippen molar-refractivity contribution in [2.24, 2.45) is 5.92 Å². The fraction of sp³-hybridized carbons (Fsp3) is 0.517. The Morgan fingerprint density at radius 1 is 1.12 bits per heavy atom. The third-order valence-corrected chi connectivity index (χ3v) is 8.80. The number of alkyl halides is 3. The van der Waals surface area contributed by atoms with Crippen LogP contribution in [0.15, 0.2) is 36.4 Å². The highest BCUT2D eigenvalue weighted by atomic mass is 19.4. The van der Waals surface area contributed by atoms with Gasteiger partial charge in [0.1, 0.15) is 17.7 Å². The van der Waals surface area contributed by atoms with Crippen LogP contribution in [0, 0.1) is 28.9 Å². The SMILES string of the molecule is CN1CCN(CCCN(C(=O)Nc2ccc(F)c(C(F)(F)F)c2)[C@@H]2CC[C@]3(c4ccc(F)c(C#N)c4)C[C@H]23)CC1. The van der Waals surface area contributed by atoms with Gasteiger partial charge in [-0.2, -0.15) is 18.4 Å². The quantitative estimate of drug-likeness (QED) is 0.457. The zero-order valence-corrected chi connectivity index (χ0v) is 22.3. The highest BCUT2D eigenvalue weighted by Gasteiger charge is 2.64. The van der Waals surface area contributed by atoms with E-state index < -0.39 is 29.4 Å². The standard InChI is InChI=1S/C29H32F5N5O/c1-37-11-13-38(14-12-37)9-2-10-39(27(40)36-21-4-6-25(31)22(16-21)29(32,33)34)26-7-8-28(17-23(26)28)20-3-5-24(30)19(15-20)18-35/h3-6,15-16,23,26H,2,7-14,17H2,1H3,(H,36,40)/t23-,26-,28-/m1/s1. The second kappa shape index (κ2) is 11.0. The van der Waals surface area contributed by atoms with Crippen LogP contribution in [0.3, 0.4) is 0 Å². The molecule has 2 amide bonds. The average molecular weight is 562 g/mol. The lowest BCUT2D eigenvalue weighted by atomic mass is 9.92. The van der Waals surface area contributed by atoms with Gasteiger partial charge in [-0.25, -0.2) is 13.6 Å². The second-order valence-electron chi connectivity index (χ2n) is 11.2. The molecule has 1 aliphatic heterocycles. The van der Waals surface area contributed by atoms with Gasteiger partial charge in [0.2, 0.25) is 0 Å². The van der Waals surface area contributed by atoms with Crippen LogP contribution in [-0.2, 0) is 11.6 Å². The maximum Gasteiger partial charge on any atom is 0.419 e. The van der Waals surface area contributed by atoms with E-state index in [1.54, 1.807) is 17.0 Å². The predicted molar refractivity (Wildman–Crippen MR) is 140 cm³/mol. The molecule has 1 N–H and O–H groups in total. The van der Waals surface area contributed by atoms with Crippen molar-refractivity contribution in [2.45, 2.75) is 43.3 Å². The summed E-state index contributed by atoms with van der Waals surface area (Å²) in [6.07, 6.45) is -1.96. The number of nitrogens with one attached hydrogen (secondary N) is 1. The van der Waals surface area contributed by atoms with Gasteiger partial charge < -0.3 is 20.0 Å². The lowest BCUT2D eigenvalue weighted by molar-refractivity contribution is -0.139. The second-order valence-corrected chi connectivity index (χ2v) is 11.2. The summed E-state index contributed by atoms with van der Waals surface area (Å²) in [7, 11) is 2.08. The summed E-state index contributed by atoms with van der Waals surface area (Å²) in [5, 5.41) is 11.9. The van der Waals surface area contributed by atoms with E-state index in [1.165, 1.54) is 6.07 Å². The maximum absolute atomic E-state index is 14.0. The highest BCUT2D eigenvalue weighted by molar-refractivity contribution is 5.89. The Hall–Kier alpha value is -3.23. The van der Waals surface area contributed by atoms with Gasteiger partial charge in [-0.3, -0.25) is 0 Å². The number of halogens is 5. The first-order valence-corrected chi connectivity index (χ1v) is 13.6. The van der Waals surface area contributed by atoms with Crippen LogP contribution >= 0.6 is 0 Å². The first-order valence-electron chi connectivity index (χ1n) is 13.6. The Morgan fingerprint density at radius 3 is 2.52 bits per heavy atom. The molecule has 5 rings (SSSR count). The number of benzene rings is 2. The van der Waals surface area contributed by atoms with E-state index in [9.17, 15) is 32.0 Å². The van der Waals surface area contributed by atoms with Gasteiger partial charge in [-0.15, -0.1) is 0 Å². The Labute approximate surface area is 230 Å². The molecule has 11 heteroatoms. The van der Waals surface area contributed by atoms with E-state index in [0.717, 1.165) is 57.2 Å². The molecule has 40 heavy (non-hydrogen) atoms. The van der Waals surface area contributed by atoms with Gasteiger partial charge in [0.05, 0.1) is 11.1 Å². The molecule has 2 saturated carbocycles. The van der Waals surface area contributed by atoms with Gasteiger partial charge in [-0.05, 0) is 81.1 Å². The largest absolute Gasteiger partial charge is 0.419 e. The Morgan fingerprint density at radius 2 is 1.85 bits per heavy atom. The van der Waals surface area contributed by atoms with Crippen molar-refractivity contribution in [3.05, 3.63) is 64.7 Å². The van der Waals surface area contributed by atoms with Crippen LogP contribution < -0.4 is 5.32 Å².